The summed E-state index contributed by atoms with van der Waals surface area (Å²) in [5.41, 5.74) is 1.11. The van der Waals surface area contributed by atoms with Gasteiger partial charge in [0.2, 0.25) is 15.9 Å². The smallest absolute Gasteiger partial charge is 0.213 e. The highest BCUT2D eigenvalue weighted by atomic mass is 32.2. The molecule has 1 aromatic rings. The summed E-state index contributed by atoms with van der Waals surface area (Å²) in [7, 11) is -3.13. The van der Waals surface area contributed by atoms with E-state index in [0.29, 0.717) is 18.9 Å². The normalized spacial score (nSPS) is 19.5. The van der Waals surface area contributed by atoms with Gasteiger partial charge in [0.05, 0.1) is 12.4 Å². The lowest BCUT2D eigenvalue weighted by atomic mass is 10.2. The van der Waals surface area contributed by atoms with E-state index in [4.69, 9.17) is 4.74 Å². The average Bonchev–Trinajstić information content (AvgIpc) is 2.87. The van der Waals surface area contributed by atoms with E-state index < -0.39 is 10.0 Å². The number of hydrogen-bond donors (Lipinski definition) is 1. The van der Waals surface area contributed by atoms with Crippen LogP contribution >= 0.6 is 0 Å². The van der Waals surface area contributed by atoms with Crippen molar-refractivity contribution in [2.45, 2.75) is 39.3 Å². The number of hydrogen-bond acceptors (Lipinski definition) is 5. The molecule has 1 fully saturated rings. The maximum atomic E-state index is 11.8. The Hall–Kier alpha value is -1.18. The van der Waals surface area contributed by atoms with Crippen molar-refractivity contribution in [1.82, 2.24) is 14.6 Å². The number of ether oxygens (including phenoxy) is 1. The fourth-order valence-electron chi connectivity index (χ4n) is 2.65. The zero-order valence-corrected chi connectivity index (χ0v) is 14.1. The minimum Gasteiger partial charge on any atom is -0.478 e. The summed E-state index contributed by atoms with van der Waals surface area (Å²) in [6.45, 7) is 6.84. The van der Waals surface area contributed by atoms with E-state index in [-0.39, 0.29) is 11.8 Å². The van der Waals surface area contributed by atoms with E-state index in [2.05, 4.69) is 14.6 Å². The SMILES string of the molecule is CCCS(=O)(=O)NC1CCN(Cc2ccc(OCC)nc2)C1. The van der Waals surface area contributed by atoms with Crippen molar-refractivity contribution >= 4 is 10.0 Å². The molecule has 0 aromatic carbocycles. The summed E-state index contributed by atoms with van der Waals surface area (Å²) in [4.78, 5) is 6.50. The van der Waals surface area contributed by atoms with Crippen LogP contribution in [0.4, 0.5) is 0 Å². The molecule has 1 aliphatic heterocycles. The van der Waals surface area contributed by atoms with Crippen molar-refractivity contribution in [1.29, 1.82) is 0 Å². The first-order valence-electron chi connectivity index (χ1n) is 7.82. The molecule has 1 atom stereocenters. The zero-order chi connectivity index (χ0) is 16.0. The maximum Gasteiger partial charge on any atom is 0.213 e. The lowest BCUT2D eigenvalue weighted by molar-refractivity contribution is 0.318. The van der Waals surface area contributed by atoms with Crippen molar-refractivity contribution in [2.24, 2.45) is 0 Å². The van der Waals surface area contributed by atoms with Crippen LogP contribution in [0.5, 0.6) is 5.88 Å². The molecule has 0 spiro atoms. The van der Waals surface area contributed by atoms with Gasteiger partial charge in [0.25, 0.3) is 0 Å². The topological polar surface area (TPSA) is 71.5 Å². The molecule has 0 bridgehead atoms. The molecule has 1 unspecified atom stereocenters. The van der Waals surface area contributed by atoms with Crippen LogP contribution in [-0.2, 0) is 16.6 Å². The predicted molar refractivity (Wildman–Crippen MR) is 86.3 cm³/mol. The highest BCUT2D eigenvalue weighted by molar-refractivity contribution is 7.89. The molecule has 1 aromatic heterocycles. The Bertz CT molecular complexity index is 560. The number of pyridine rings is 1. The third kappa shape index (κ3) is 5.23. The molecule has 1 aliphatic rings. The molecule has 2 rings (SSSR count). The van der Waals surface area contributed by atoms with Crippen LogP contribution in [0.3, 0.4) is 0 Å². The summed E-state index contributed by atoms with van der Waals surface area (Å²) in [6.07, 6.45) is 3.32. The lowest BCUT2D eigenvalue weighted by Gasteiger charge is -2.16. The molecule has 2 heterocycles. The second-order valence-corrected chi connectivity index (χ2v) is 7.47. The quantitative estimate of drug-likeness (QED) is 0.781. The Morgan fingerprint density at radius 2 is 2.23 bits per heavy atom. The van der Waals surface area contributed by atoms with E-state index in [1.165, 1.54) is 0 Å². The third-order valence-corrected chi connectivity index (χ3v) is 5.23. The van der Waals surface area contributed by atoms with Crippen molar-refractivity contribution in [2.75, 3.05) is 25.4 Å². The van der Waals surface area contributed by atoms with Crippen LogP contribution in [0.15, 0.2) is 18.3 Å². The molecule has 0 radical (unpaired) electrons. The summed E-state index contributed by atoms with van der Waals surface area (Å²) < 4.78 is 31.7. The molecule has 124 valence electrons. The van der Waals surface area contributed by atoms with Crippen LogP contribution in [0.2, 0.25) is 0 Å². The first-order chi connectivity index (χ1) is 10.5. The van der Waals surface area contributed by atoms with Gasteiger partial charge in [-0.2, -0.15) is 0 Å². The van der Waals surface area contributed by atoms with Gasteiger partial charge in [-0.15, -0.1) is 0 Å². The maximum absolute atomic E-state index is 11.8. The van der Waals surface area contributed by atoms with E-state index >= 15 is 0 Å². The van der Waals surface area contributed by atoms with E-state index in [1.54, 1.807) is 0 Å². The Morgan fingerprint density at radius 3 is 2.86 bits per heavy atom. The molecule has 1 N–H and O–H groups in total. The Kier molecular flexibility index (Phi) is 6.16. The standard InChI is InChI=1S/C15H25N3O3S/c1-3-9-22(19,20)17-14-7-8-18(12-14)11-13-5-6-15(16-10-13)21-4-2/h5-6,10,14,17H,3-4,7-9,11-12H2,1-2H3. The number of sulfonamides is 1. The first-order valence-corrected chi connectivity index (χ1v) is 9.47. The van der Waals surface area contributed by atoms with Gasteiger partial charge in [-0.25, -0.2) is 18.1 Å². The van der Waals surface area contributed by atoms with Gasteiger partial charge >= 0.3 is 0 Å². The average molecular weight is 327 g/mol. The molecule has 6 nitrogen and oxygen atoms in total. The molecule has 22 heavy (non-hydrogen) atoms. The van der Waals surface area contributed by atoms with Gasteiger partial charge in [0, 0.05) is 37.9 Å². The predicted octanol–water partition coefficient (Wildman–Crippen LogP) is 1.38. The van der Waals surface area contributed by atoms with Crippen LogP contribution in [0, 0.1) is 0 Å². The third-order valence-electron chi connectivity index (χ3n) is 3.59. The largest absolute Gasteiger partial charge is 0.478 e. The van der Waals surface area contributed by atoms with Crippen molar-refractivity contribution in [3.05, 3.63) is 23.9 Å². The van der Waals surface area contributed by atoms with Gasteiger partial charge in [-0.3, -0.25) is 4.90 Å². The van der Waals surface area contributed by atoms with Crippen LogP contribution in [0.25, 0.3) is 0 Å². The van der Waals surface area contributed by atoms with Crippen molar-refractivity contribution in [3.63, 3.8) is 0 Å². The number of likely N-dealkylation sites (tertiary alicyclic amines) is 1. The van der Waals surface area contributed by atoms with Gasteiger partial charge in [-0.1, -0.05) is 13.0 Å². The molecular weight excluding hydrogens is 302 g/mol. The van der Waals surface area contributed by atoms with Crippen molar-refractivity contribution in [3.8, 4) is 5.88 Å². The van der Waals surface area contributed by atoms with Crippen LogP contribution < -0.4 is 9.46 Å². The Balaban J connectivity index is 1.83. The van der Waals surface area contributed by atoms with E-state index in [0.717, 1.165) is 31.6 Å². The molecule has 7 heteroatoms. The summed E-state index contributed by atoms with van der Waals surface area (Å²) in [5, 5.41) is 0. The van der Waals surface area contributed by atoms with Gasteiger partial charge in [-0.05, 0) is 25.3 Å². The second kappa shape index (κ2) is 7.89. The first kappa shape index (κ1) is 17.2. The van der Waals surface area contributed by atoms with Crippen LogP contribution in [0.1, 0.15) is 32.3 Å². The van der Waals surface area contributed by atoms with Gasteiger partial charge in [0.1, 0.15) is 0 Å². The summed E-state index contributed by atoms with van der Waals surface area (Å²) in [6, 6.07) is 3.90. The number of nitrogens with zero attached hydrogens (tertiary/aromatic N) is 2. The monoisotopic (exact) mass is 327 g/mol. The van der Waals surface area contributed by atoms with Gasteiger partial charge in [0.15, 0.2) is 0 Å². The molecule has 0 amide bonds. The molecule has 0 saturated carbocycles. The van der Waals surface area contributed by atoms with E-state index in [1.807, 2.05) is 32.2 Å². The zero-order valence-electron chi connectivity index (χ0n) is 13.3. The summed E-state index contributed by atoms with van der Waals surface area (Å²) in [5.74, 6) is 0.838. The minimum atomic E-state index is -3.13. The lowest BCUT2D eigenvalue weighted by Crippen LogP contribution is -2.38. The fourth-order valence-corrected chi connectivity index (χ4v) is 4.01. The van der Waals surface area contributed by atoms with E-state index in [9.17, 15) is 8.42 Å². The molecular formula is C15H25N3O3S. The Labute approximate surface area is 132 Å². The fraction of sp³-hybridized carbons (Fsp3) is 0.667. The summed E-state index contributed by atoms with van der Waals surface area (Å²) >= 11 is 0. The highest BCUT2D eigenvalue weighted by Gasteiger charge is 2.25. The number of aromatic nitrogens is 1. The van der Waals surface area contributed by atoms with Crippen LogP contribution in [-0.4, -0.2) is 49.8 Å². The second-order valence-electron chi connectivity index (χ2n) is 5.60. The molecule has 1 saturated heterocycles. The molecule has 0 aliphatic carbocycles. The Morgan fingerprint density at radius 1 is 1.41 bits per heavy atom. The number of rotatable bonds is 8. The van der Waals surface area contributed by atoms with Gasteiger partial charge < -0.3 is 4.74 Å². The highest BCUT2D eigenvalue weighted by Crippen LogP contribution is 2.15. The van der Waals surface area contributed by atoms with Crippen molar-refractivity contribution < 1.29 is 13.2 Å². The number of nitrogens with one attached hydrogen (secondary N) is 1. The minimum absolute atomic E-state index is 0.0206.